The molecule has 7 heteroatoms. The van der Waals surface area contributed by atoms with E-state index in [0.717, 1.165) is 5.69 Å². The Morgan fingerprint density at radius 2 is 1.96 bits per heavy atom. The van der Waals surface area contributed by atoms with Crippen LogP contribution in [0.15, 0.2) is 6.07 Å². The largest absolute Gasteiger partial charge is 0.444 e. The monoisotopic (exact) mass is 384 g/mol. The molecule has 2 aliphatic heterocycles. The SMILES string of the molecule is CC.Cc1nc2c(cc1Cl)C(O)OC21CCN(C(=O)OC(C)(C)C)CC1. The van der Waals surface area contributed by atoms with E-state index in [2.05, 4.69) is 4.98 Å². The second-order valence-electron chi connectivity index (χ2n) is 7.43. The lowest BCUT2D eigenvalue weighted by Crippen LogP contribution is -2.47. The summed E-state index contributed by atoms with van der Waals surface area (Å²) in [5.41, 5.74) is 0.885. The number of aliphatic hydroxyl groups is 1. The number of aliphatic hydroxyl groups excluding tert-OH is 1. The zero-order valence-electron chi connectivity index (χ0n) is 16.4. The number of ether oxygens (including phenoxy) is 2. The highest BCUT2D eigenvalue weighted by Crippen LogP contribution is 2.48. The number of carbonyl (C=O) groups is 1. The van der Waals surface area contributed by atoms with E-state index >= 15 is 0 Å². The molecular formula is C19H29ClN2O4. The van der Waals surface area contributed by atoms with Crippen LogP contribution >= 0.6 is 11.6 Å². The quantitative estimate of drug-likeness (QED) is 0.721. The fourth-order valence-corrected chi connectivity index (χ4v) is 3.37. The van der Waals surface area contributed by atoms with Crippen molar-refractivity contribution in [1.29, 1.82) is 0 Å². The lowest BCUT2D eigenvalue weighted by Gasteiger charge is -2.39. The number of rotatable bonds is 0. The number of halogens is 1. The van der Waals surface area contributed by atoms with Gasteiger partial charge >= 0.3 is 6.09 Å². The van der Waals surface area contributed by atoms with Crippen LogP contribution in [0.4, 0.5) is 4.79 Å². The maximum Gasteiger partial charge on any atom is 0.410 e. The molecule has 1 aromatic rings. The van der Waals surface area contributed by atoms with E-state index in [-0.39, 0.29) is 6.09 Å². The van der Waals surface area contributed by atoms with Crippen LogP contribution in [0.1, 0.15) is 70.7 Å². The smallest absolute Gasteiger partial charge is 0.410 e. The molecule has 0 aliphatic carbocycles. The van der Waals surface area contributed by atoms with Crippen LogP contribution in [0, 0.1) is 6.92 Å². The number of carbonyl (C=O) groups excluding carboxylic acids is 1. The Bertz CT molecular complexity index is 664. The summed E-state index contributed by atoms with van der Waals surface area (Å²) in [5.74, 6) is 0. The second kappa shape index (κ2) is 7.71. The van der Waals surface area contributed by atoms with Gasteiger partial charge in [0.25, 0.3) is 0 Å². The van der Waals surface area contributed by atoms with Crippen molar-refractivity contribution in [3.8, 4) is 0 Å². The minimum Gasteiger partial charge on any atom is -0.444 e. The fraction of sp³-hybridized carbons (Fsp3) is 0.684. The minimum atomic E-state index is -1.03. The van der Waals surface area contributed by atoms with Crippen molar-refractivity contribution in [1.82, 2.24) is 9.88 Å². The normalized spacial score (nSPS) is 21.1. The van der Waals surface area contributed by atoms with Crippen molar-refractivity contribution in [3.05, 3.63) is 28.0 Å². The summed E-state index contributed by atoms with van der Waals surface area (Å²) in [4.78, 5) is 18.4. The molecule has 1 fully saturated rings. The minimum absolute atomic E-state index is 0.323. The molecule has 0 radical (unpaired) electrons. The Hall–Kier alpha value is -1.37. The van der Waals surface area contributed by atoms with E-state index < -0.39 is 17.5 Å². The van der Waals surface area contributed by atoms with Crippen molar-refractivity contribution in [2.45, 2.75) is 71.9 Å². The predicted molar refractivity (Wildman–Crippen MR) is 100 cm³/mol. The number of amides is 1. The summed E-state index contributed by atoms with van der Waals surface area (Å²) in [7, 11) is 0. The first-order valence-corrected chi connectivity index (χ1v) is 9.50. The summed E-state index contributed by atoms with van der Waals surface area (Å²) in [6, 6.07) is 1.72. The van der Waals surface area contributed by atoms with Gasteiger partial charge < -0.3 is 19.5 Å². The van der Waals surface area contributed by atoms with Crippen molar-refractivity contribution >= 4 is 17.7 Å². The van der Waals surface area contributed by atoms with Gasteiger partial charge in [-0.15, -0.1) is 0 Å². The van der Waals surface area contributed by atoms with Crippen molar-refractivity contribution in [2.75, 3.05) is 13.1 Å². The van der Waals surface area contributed by atoms with Crippen LogP contribution in [-0.4, -0.2) is 39.8 Å². The van der Waals surface area contributed by atoms with E-state index in [4.69, 9.17) is 21.1 Å². The Morgan fingerprint density at radius 1 is 1.38 bits per heavy atom. The Labute approximate surface area is 160 Å². The highest BCUT2D eigenvalue weighted by molar-refractivity contribution is 6.31. The van der Waals surface area contributed by atoms with Gasteiger partial charge in [0, 0.05) is 31.5 Å². The van der Waals surface area contributed by atoms with Crippen LogP contribution < -0.4 is 0 Å². The van der Waals surface area contributed by atoms with Gasteiger partial charge in [0.2, 0.25) is 0 Å². The molecule has 0 aromatic carbocycles. The number of fused-ring (bicyclic) bond motifs is 2. The Kier molecular flexibility index (Phi) is 6.20. The highest BCUT2D eigenvalue weighted by Gasteiger charge is 2.49. The molecule has 0 saturated carbocycles. The van der Waals surface area contributed by atoms with Crippen molar-refractivity contribution < 1.29 is 19.4 Å². The molecule has 146 valence electrons. The van der Waals surface area contributed by atoms with Crippen LogP contribution in [0.3, 0.4) is 0 Å². The van der Waals surface area contributed by atoms with Gasteiger partial charge in [0.05, 0.1) is 16.4 Å². The molecule has 3 heterocycles. The molecule has 1 spiro atoms. The maximum atomic E-state index is 12.2. The van der Waals surface area contributed by atoms with Crippen LogP contribution in [0.5, 0.6) is 0 Å². The van der Waals surface area contributed by atoms with Gasteiger partial charge in [-0.25, -0.2) is 4.79 Å². The molecule has 1 unspecified atom stereocenters. The van der Waals surface area contributed by atoms with E-state index in [1.807, 2.05) is 41.5 Å². The molecule has 1 atom stereocenters. The predicted octanol–water partition coefficient (Wildman–Crippen LogP) is 4.32. The molecule has 1 N–H and O–H groups in total. The first-order chi connectivity index (χ1) is 12.1. The first kappa shape index (κ1) is 20.9. The Balaban J connectivity index is 0.00000117. The average molecular weight is 385 g/mol. The van der Waals surface area contributed by atoms with E-state index in [9.17, 15) is 9.90 Å². The summed E-state index contributed by atoms with van der Waals surface area (Å²) >= 11 is 6.11. The number of aryl methyl sites for hydroxylation is 1. The number of aromatic nitrogens is 1. The third kappa shape index (κ3) is 4.13. The number of likely N-dealkylation sites (tertiary alicyclic amines) is 1. The third-order valence-electron chi connectivity index (χ3n) is 4.44. The van der Waals surface area contributed by atoms with Crippen LogP contribution in [0.2, 0.25) is 5.02 Å². The van der Waals surface area contributed by atoms with Crippen molar-refractivity contribution in [2.24, 2.45) is 0 Å². The summed E-state index contributed by atoms with van der Waals surface area (Å²) in [6.45, 7) is 12.4. The zero-order chi connectivity index (χ0) is 19.7. The van der Waals surface area contributed by atoms with E-state index in [1.54, 1.807) is 11.0 Å². The molecule has 0 bridgehead atoms. The van der Waals surface area contributed by atoms with Gasteiger partial charge in [-0.2, -0.15) is 0 Å². The van der Waals surface area contributed by atoms with Gasteiger partial charge in [0.1, 0.15) is 11.2 Å². The first-order valence-electron chi connectivity index (χ1n) is 9.13. The molecule has 3 rings (SSSR count). The van der Waals surface area contributed by atoms with E-state index in [1.165, 1.54) is 0 Å². The van der Waals surface area contributed by atoms with Crippen molar-refractivity contribution in [3.63, 3.8) is 0 Å². The van der Waals surface area contributed by atoms with Gasteiger partial charge in [-0.1, -0.05) is 25.4 Å². The molecule has 26 heavy (non-hydrogen) atoms. The Morgan fingerprint density at radius 3 is 2.50 bits per heavy atom. The standard InChI is InChI=1S/C17H23ClN2O4.C2H6/c1-10-12(18)9-11-13(19-10)17(23-14(11)21)5-7-20(8-6-17)15(22)24-16(2,3)4;1-2/h9,14,21H,5-8H2,1-4H3;1-2H3. The molecule has 2 aliphatic rings. The van der Waals surface area contributed by atoms with E-state index in [0.29, 0.717) is 42.2 Å². The molecule has 1 saturated heterocycles. The summed E-state index contributed by atoms with van der Waals surface area (Å²) in [5, 5.41) is 10.7. The highest BCUT2D eigenvalue weighted by atomic mass is 35.5. The average Bonchev–Trinajstić information content (AvgIpc) is 2.81. The maximum absolute atomic E-state index is 12.2. The fourth-order valence-electron chi connectivity index (χ4n) is 3.21. The summed E-state index contributed by atoms with van der Waals surface area (Å²) in [6.07, 6.45) is -0.232. The molecular weight excluding hydrogens is 356 g/mol. The van der Waals surface area contributed by atoms with Gasteiger partial charge in [-0.05, 0) is 33.8 Å². The van der Waals surface area contributed by atoms with Gasteiger partial charge in [-0.3, -0.25) is 4.98 Å². The molecule has 1 aromatic heterocycles. The molecule has 1 amide bonds. The summed E-state index contributed by atoms with van der Waals surface area (Å²) < 4.78 is 11.3. The number of pyridine rings is 1. The van der Waals surface area contributed by atoms with Crippen LogP contribution in [0.25, 0.3) is 0 Å². The third-order valence-corrected chi connectivity index (χ3v) is 4.82. The topological polar surface area (TPSA) is 71.9 Å². The van der Waals surface area contributed by atoms with Gasteiger partial charge in [0.15, 0.2) is 6.29 Å². The van der Waals surface area contributed by atoms with Crippen LogP contribution in [-0.2, 0) is 15.1 Å². The number of hydrogen-bond donors (Lipinski definition) is 1. The number of hydrogen-bond acceptors (Lipinski definition) is 5. The zero-order valence-corrected chi connectivity index (χ0v) is 17.2. The second-order valence-corrected chi connectivity index (χ2v) is 7.83. The number of piperidine rings is 1. The lowest BCUT2D eigenvalue weighted by molar-refractivity contribution is -0.188. The number of nitrogens with zero attached hydrogens (tertiary/aromatic N) is 2. The molecule has 6 nitrogen and oxygen atoms in total. The lowest BCUT2D eigenvalue weighted by atomic mass is 9.87.